The molecule has 7 heteroatoms. The van der Waals surface area contributed by atoms with Gasteiger partial charge < -0.3 is 9.73 Å². The monoisotopic (exact) mass is 289 g/mol. The van der Waals surface area contributed by atoms with Crippen LogP contribution >= 0.6 is 0 Å². The molecule has 1 unspecified atom stereocenters. The van der Waals surface area contributed by atoms with Crippen molar-refractivity contribution >= 4 is 5.91 Å². The third-order valence-electron chi connectivity index (χ3n) is 3.75. The molecule has 7 nitrogen and oxygen atoms in total. The highest BCUT2D eigenvalue weighted by Crippen LogP contribution is 2.17. The molecule has 0 aromatic carbocycles. The molecule has 0 aliphatic carbocycles. The van der Waals surface area contributed by atoms with E-state index in [-0.39, 0.29) is 5.91 Å². The second-order valence-electron chi connectivity index (χ2n) is 5.24. The molecular formula is C14H19N5O2. The molecule has 1 fully saturated rings. The van der Waals surface area contributed by atoms with Gasteiger partial charge >= 0.3 is 0 Å². The molecule has 1 N–H and O–H groups in total. The Hall–Kier alpha value is -2.15. The highest BCUT2D eigenvalue weighted by atomic mass is 16.3. The number of aromatic nitrogens is 3. The van der Waals surface area contributed by atoms with E-state index in [1.165, 1.54) is 6.33 Å². The van der Waals surface area contributed by atoms with Gasteiger partial charge in [0, 0.05) is 6.04 Å². The zero-order valence-corrected chi connectivity index (χ0v) is 11.8. The van der Waals surface area contributed by atoms with Crippen LogP contribution in [0.1, 0.15) is 18.6 Å². The average Bonchev–Trinajstić information content (AvgIpc) is 3.20. The molecule has 112 valence electrons. The Bertz CT molecular complexity index is 552. The summed E-state index contributed by atoms with van der Waals surface area (Å²) < 4.78 is 7.02. The lowest BCUT2D eigenvalue weighted by molar-refractivity contribution is -0.122. The Morgan fingerprint density at radius 3 is 3.24 bits per heavy atom. The molecule has 2 aromatic rings. The Kier molecular flexibility index (Phi) is 4.30. The maximum atomic E-state index is 12.0. The number of nitrogens with zero attached hydrogens (tertiary/aromatic N) is 4. The summed E-state index contributed by atoms with van der Waals surface area (Å²) in [6.45, 7) is 2.59. The Labute approximate surface area is 122 Å². The molecule has 21 heavy (non-hydrogen) atoms. The molecule has 0 spiro atoms. The Balaban J connectivity index is 1.47. The van der Waals surface area contributed by atoms with Gasteiger partial charge in [-0.05, 0) is 31.5 Å². The van der Waals surface area contributed by atoms with Gasteiger partial charge in [0.25, 0.3) is 0 Å². The molecule has 3 heterocycles. The summed E-state index contributed by atoms with van der Waals surface area (Å²) in [6, 6.07) is 4.01. The summed E-state index contributed by atoms with van der Waals surface area (Å²) in [7, 11) is 0. The highest BCUT2D eigenvalue weighted by Gasteiger charge is 2.26. The SMILES string of the molecule is O=C(CN1CCCC1Cn1cncn1)NCc1ccco1. The molecule has 1 atom stereocenters. The van der Waals surface area contributed by atoms with Crippen LogP contribution in [0.3, 0.4) is 0 Å². The van der Waals surface area contributed by atoms with Crippen molar-refractivity contribution in [3.05, 3.63) is 36.8 Å². The number of hydrogen-bond acceptors (Lipinski definition) is 5. The first-order chi connectivity index (χ1) is 10.3. The van der Waals surface area contributed by atoms with Crippen molar-refractivity contribution in [2.45, 2.75) is 32.0 Å². The first-order valence-corrected chi connectivity index (χ1v) is 7.17. The van der Waals surface area contributed by atoms with Crippen molar-refractivity contribution in [3.63, 3.8) is 0 Å². The van der Waals surface area contributed by atoms with Gasteiger partial charge in [-0.15, -0.1) is 0 Å². The van der Waals surface area contributed by atoms with Crippen molar-refractivity contribution in [1.29, 1.82) is 0 Å². The van der Waals surface area contributed by atoms with Gasteiger partial charge in [0.2, 0.25) is 5.91 Å². The summed E-state index contributed by atoms with van der Waals surface area (Å²) in [5, 5.41) is 7.01. The minimum absolute atomic E-state index is 0.0249. The van der Waals surface area contributed by atoms with Crippen LogP contribution in [0, 0.1) is 0 Å². The van der Waals surface area contributed by atoms with Crippen LogP contribution in [0.5, 0.6) is 0 Å². The average molecular weight is 289 g/mol. The van der Waals surface area contributed by atoms with E-state index >= 15 is 0 Å². The minimum atomic E-state index is 0.0249. The van der Waals surface area contributed by atoms with E-state index in [1.807, 2.05) is 16.8 Å². The van der Waals surface area contributed by atoms with E-state index in [1.54, 1.807) is 12.6 Å². The van der Waals surface area contributed by atoms with Crippen molar-refractivity contribution in [3.8, 4) is 0 Å². The van der Waals surface area contributed by atoms with Crippen molar-refractivity contribution in [2.75, 3.05) is 13.1 Å². The second kappa shape index (κ2) is 6.53. The van der Waals surface area contributed by atoms with E-state index < -0.39 is 0 Å². The molecular weight excluding hydrogens is 270 g/mol. The van der Waals surface area contributed by atoms with E-state index in [4.69, 9.17) is 4.42 Å². The van der Waals surface area contributed by atoms with Crippen LogP contribution in [0.25, 0.3) is 0 Å². The van der Waals surface area contributed by atoms with Gasteiger partial charge in [-0.25, -0.2) is 4.98 Å². The topological polar surface area (TPSA) is 76.2 Å². The van der Waals surface area contributed by atoms with Gasteiger partial charge in [-0.1, -0.05) is 0 Å². The van der Waals surface area contributed by atoms with E-state index in [0.29, 0.717) is 19.1 Å². The van der Waals surface area contributed by atoms with Crippen molar-refractivity contribution in [1.82, 2.24) is 25.0 Å². The van der Waals surface area contributed by atoms with Gasteiger partial charge in [-0.2, -0.15) is 5.10 Å². The fourth-order valence-electron chi connectivity index (χ4n) is 2.69. The Morgan fingerprint density at radius 2 is 2.48 bits per heavy atom. The summed E-state index contributed by atoms with van der Waals surface area (Å²) in [4.78, 5) is 18.2. The van der Waals surface area contributed by atoms with Crippen LogP contribution in [0.2, 0.25) is 0 Å². The summed E-state index contributed by atoms with van der Waals surface area (Å²) in [6.07, 6.45) is 7.06. The van der Waals surface area contributed by atoms with Gasteiger partial charge in [0.15, 0.2) is 0 Å². The van der Waals surface area contributed by atoms with Crippen LogP contribution in [-0.4, -0.2) is 44.7 Å². The maximum Gasteiger partial charge on any atom is 0.234 e. The van der Waals surface area contributed by atoms with Crippen molar-refractivity contribution < 1.29 is 9.21 Å². The van der Waals surface area contributed by atoms with Crippen LogP contribution < -0.4 is 5.32 Å². The summed E-state index contributed by atoms with van der Waals surface area (Å²) in [5.74, 6) is 0.792. The van der Waals surface area contributed by atoms with Crippen LogP contribution in [-0.2, 0) is 17.9 Å². The van der Waals surface area contributed by atoms with Crippen molar-refractivity contribution in [2.24, 2.45) is 0 Å². The third-order valence-corrected chi connectivity index (χ3v) is 3.75. The maximum absolute atomic E-state index is 12.0. The molecule has 3 rings (SSSR count). The number of carbonyl (C=O) groups is 1. The fraction of sp³-hybridized carbons (Fsp3) is 0.500. The number of nitrogens with one attached hydrogen (secondary N) is 1. The molecule has 1 amide bonds. The quantitative estimate of drug-likeness (QED) is 0.845. The molecule has 2 aromatic heterocycles. The summed E-state index contributed by atoms with van der Waals surface area (Å²) in [5.41, 5.74) is 0. The highest BCUT2D eigenvalue weighted by molar-refractivity contribution is 5.78. The Morgan fingerprint density at radius 1 is 1.52 bits per heavy atom. The normalized spacial score (nSPS) is 19.0. The molecule has 0 radical (unpaired) electrons. The molecule has 1 aliphatic rings. The zero-order valence-electron chi connectivity index (χ0n) is 11.8. The first-order valence-electron chi connectivity index (χ1n) is 7.17. The lowest BCUT2D eigenvalue weighted by Gasteiger charge is -2.23. The molecule has 1 aliphatic heterocycles. The first kappa shape index (κ1) is 13.8. The van der Waals surface area contributed by atoms with Gasteiger partial charge in [0.05, 0.1) is 25.9 Å². The zero-order chi connectivity index (χ0) is 14.5. The number of amides is 1. The van der Waals surface area contributed by atoms with E-state index in [0.717, 1.165) is 31.7 Å². The number of furan rings is 1. The summed E-state index contributed by atoms with van der Waals surface area (Å²) >= 11 is 0. The predicted octanol–water partition coefficient (Wildman–Crippen LogP) is 0.652. The number of carbonyl (C=O) groups excluding carboxylic acids is 1. The molecule has 1 saturated heterocycles. The standard InChI is InChI=1S/C14H19N5O2/c20-14(16-7-13-4-2-6-21-13)9-18-5-1-3-12(18)8-19-11-15-10-17-19/h2,4,6,10-12H,1,3,5,7-9H2,(H,16,20). The lowest BCUT2D eigenvalue weighted by atomic mass is 10.2. The molecule has 0 saturated carbocycles. The fourth-order valence-corrected chi connectivity index (χ4v) is 2.69. The number of rotatable bonds is 6. The largest absolute Gasteiger partial charge is 0.467 e. The molecule has 0 bridgehead atoms. The van der Waals surface area contributed by atoms with Gasteiger partial charge in [-0.3, -0.25) is 14.4 Å². The predicted molar refractivity (Wildman–Crippen MR) is 75.2 cm³/mol. The second-order valence-corrected chi connectivity index (χ2v) is 5.24. The van der Waals surface area contributed by atoms with Crippen LogP contribution in [0.4, 0.5) is 0 Å². The number of likely N-dealkylation sites (tertiary alicyclic amines) is 1. The van der Waals surface area contributed by atoms with E-state index in [9.17, 15) is 4.79 Å². The van der Waals surface area contributed by atoms with Gasteiger partial charge in [0.1, 0.15) is 18.4 Å². The minimum Gasteiger partial charge on any atom is -0.467 e. The lowest BCUT2D eigenvalue weighted by Crippen LogP contribution is -2.41. The van der Waals surface area contributed by atoms with E-state index in [2.05, 4.69) is 20.3 Å². The number of hydrogen-bond donors (Lipinski definition) is 1. The third kappa shape index (κ3) is 3.69. The smallest absolute Gasteiger partial charge is 0.234 e. The van der Waals surface area contributed by atoms with Crippen LogP contribution in [0.15, 0.2) is 35.5 Å².